The quantitative estimate of drug-likeness (QED) is 0.548. The van der Waals surface area contributed by atoms with E-state index in [1.54, 1.807) is 12.1 Å². The summed E-state index contributed by atoms with van der Waals surface area (Å²) in [6.45, 7) is 2.69. The zero-order valence-corrected chi connectivity index (χ0v) is 15.5. The van der Waals surface area contributed by atoms with E-state index in [0.717, 1.165) is 11.1 Å². The smallest absolute Gasteiger partial charge is 0.316 e. The van der Waals surface area contributed by atoms with Gasteiger partial charge in [-0.1, -0.05) is 35.9 Å². The number of aliphatic carboxylic acids is 1. The second kappa shape index (κ2) is 7.36. The van der Waals surface area contributed by atoms with Gasteiger partial charge in [-0.15, -0.1) is 0 Å². The molecule has 2 rings (SSSR count). The number of hydrogen-bond acceptors (Lipinski definition) is 3. The first-order valence-electron chi connectivity index (χ1n) is 7.16. The second-order valence-electron chi connectivity index (χ2n) is 5.76. The first kappa shape index (κ1) is 18.5. The molecule has 1 atom stereocenters. The van der Waals surface area contributed by atoms with Crippen LogP contribution in [0, 0.1) is 5.41 Å². The number of hydrogen-bond donors (Lipinski definition) is 1. The van der Waals surface area contributed by atoms with Crippen molar-refractivity contribution >= 4 is 39.3 Å². The third-order valence-corrected chi connectivity index (χ3v) is 4.48. The molecule has 0 aromatic heterocycles. The third-order valence-electron chi connectivity index (χ3n) is 3.63. The second-order valence-corrected chi connectivity index (χ2v) is 7.03. The summed E-state index contributed by atoms with van der Waals surface area (Å²) in [7, 11) is 0. The summed E-state index contributed by atoms with van der Waals surface area (Å²) in [6, 6.07) is 14.6. The molecule has 0 heterocycles. The Morgan fingerprint density at radius 1 is 1.04 bits per heavy atom. The normalized spacial score (nSPS) is 12.5. The van der Waals surface area contributed by atoms with E-state index in [1.807, 2.05) is 36.4 Å². The number of carbonyl (C=O) groups excluding carboxylic acids is 1. The van der Waals surface area contributed by atoms with Gasteiger partial charge >= 0.3 is 5.97 Å². The molecule has 0 fully saturated rings. The van der Waals surface area contributed by atoms with Crippen molar-refractivity contribution in [2.45, 2.75) is 18.9 Å². The fraction of sp³-hybridized carbons (Fsp3) is 0.222. The molecule has 0 radical (unpaired) electrons. The Morgan fingerprint density at radius 2 is 1.50 bits per heavy atom. The summed E-state index contributed by atoms with van der Waals surface area (Å²) < 4.78 is 5.51. The van der Waals surface area contributed by atoms with Crippen molar-refractivity contribution in [1.29, 1.82) is 0 Å². The van der Waals surface area contributed by atoms with Gasteiger partial charge in [0.2, 0.25) is 10.8 Å². The summed E-state index contributed by atoms with van der Waals surface area (Å²) in [5, 5.41) is 8.73. The number of rotatable bonds is 6. The van der Waals surface area contributed by atoms with Crippen molar-refractivity contribution in [3.63, 3.8) is 0 Å². The van der Waals surface area contributed by atoms with Crippen LogP contribution in [0.5, 0.6) is 5.75 Å². The Labute approximate surface area is 153 Å². The van der Waals surface area contributed by atoms with Gasteiger partial charge in [-0.05, 0) is 65.2 Å². The molecule has 0 saturated heterocycles. The number of carbonyl (C=O) groups is 2. The predicted molar refractivity (Wildman–Crippen MR) is 96.7 cm³/mol. The molecule has 126 valence electrons. The fourth-order valence-corrected chi connectivity index (χ4v) is 2.84. The average Bonchev–Trinajstić information content (AvgIpc) is 2.55. The molecule has 0 aliphatic rings. The van der Waals surface area contributed by atoms with Crippen molar-refractivity contribution in [3.05, 3.63) is 53.6 Å². The zero-order valence-electron chi connectivity index (χ0n) is 13.1. The van der Waals surface area contributed by atoms with Gasteiger partial charge in [-0.3, -0.25) is 9.59 Å². The number of alkyl halides is 1. The van der Waals surface area contributed by atoms with Crippen molar-refractivity contribution in [3.8, 4) is 16.9 Å². The van der Waals surface area contributed by atoms with E-state index >= 15 is 0 Å². The first-order valence-corrected chi connectivity index (χ1v) is 8.45. The monoisotopic (exact) mass is 410 g/mol. The van der Waals surface area contributed by atoms with Gasteiger partial charge in [0.25, 0.3) is 0 Å². The molecule has 0 saturated carbocycles. The van der Waals surface area contributed by atoms with Crippen LogP contribution >= 0.6 is 27.5 Å². The van der Waals surface area contributed by atoms with Crippen molar-refractivity contribution in [1.82, 2.24) is 0 Å². The van der Waals surface area contributed by atoms with Crippen LogP contribution < -0.4 is 4.74 Å². The van der Waals surface area contributed by atoms with Crippen LogP contribution in [0.15, 0.2) is 48.5 Å². The minimum Gasteiger partial charge on any atom is -0.481 e. The Kier molecular flexibility index (Phi) is 5.67. The molecule has 6 heteroatoms. The van der Waals surface area contributed by atoms with E-state index in [4.69, 9.17) is 21.4 Å². The van der Waals surface area contributed by atoms with Crippen LogP contribution in [0.3, 0.4) is 0 Å². The average molecular weight is 412 g/mol. The number of ether oxygens (including phenoxy) is 1. The topological polar surface area (TPSA) is 63.6 Å². The number of halogens is 2. The van der Waals surface area contributed by atoms with Gasteiger partial charge in [0.05, 0.1) is 0 Å². The maximum atomic E-state index is 12.2. The van der Waals surface area contributed by atoms with Crippen LogP contribution in [0.4, 0.5) is 0 Å². The molecule has 0 aliphatic carbocycles. The molecular formula is C18H16BrClO4. The largest absolute Gasteiger partial charge is 0.481 e. The van der Waals surface area contributed by atoms with E-state index in [-0.39, 0.29) is 0 Å². The van der Waals surface area contributed by atoms with Gasteiger partial charge in [-0.25, -0.2) is 0 Å². The number of benzene rings is 2. The van der Waals surface area contributed by atoms with Crippen LogP contribution in [0.2, 0.25) is 5.02 Å². The van der Waals surface area contributed by atoms with Crippen molar-refractivity contribution in [2.24, 2.45) is 5.41 Å². The van der Waals surface area contributed by atoms with E-state index in [1.165, 1.54) is 13.8 Å². The SMILES string of the molecule is CC(C)(C(=O)O)C(=O)C(Br)Oc1ccc(-c2ccc(Cl)cc2)cc1. The summed E-state index contributed by atoms with van der Waals surface area (Å²) in [4.78, 5) is 23.3. The summed E-state index contributed by atoms with van der Waals surface area (Å²) in [5.41, 5.74) is 0.448. The molecule has 0 aliphatic heterocycles. The zero-order chi connectivity index (χ0) is 17.9. The van der Waals surface area contributed by atoms with E-state index in [0.29, 0.717) is 10.8 Å². The molecule has 2 aromatic carbocycles. The Hall–Kier alpha value is -1.85. The fourth-order valence-electron chi connectivity index (χ4n) is 1.93. The van der Waals surface area contributed by atoms with E-state index in [2.05, 4.69) is 15.9 Å². The van der Waals surface area contributed by atoms with Crippen molar-refractivity contribution < 1.29 is 19.4 Å². The highest BCUT2D eigenvalue weighted by molar-refractivity contribution is 9.09. The molecule has 0 amide bonds. The van der Waals surface area contributed by atoms with E-state index < -0.39 is 22.2 Å². The first-order chi connectivity index (χ1) is 11.2. The lowest BCUT2D eigenvalue weighted by Crippen LogP contribution is -2.40. The van der Waals surface area contributed by atoms with Crippen molar-refractivity contribution in [2.75, 3.05) is 0 Å². The summed E-state index contributed by atoms with van der Waals surface area (Å²) >= 11 is 8.98. The lowest BCUT2D eigenvalue weighted by atomic mass is 9.89. The highest BCUT2D eigenvalue weighted by Crippen LogP contribution is 2.27. The Morgan fingerprint density at radius 3 is 1.96 bits per heavy atom. The van der Waals surface area contributed by atoms with Gasteiger partial charge in [-0.2, -0.15) is 0 Å². The van der Waals surface area contributed by atoms with Gasteiger partial charge < -0.3 is 9.84 Å². The molecule has 24 heavy (non-hydrogen) atoms. The van der Waals surface area contributed by atoms with Crippen LogP contribution in [-0.4, -0.2) is 21.9 Å². The number of carboxylic acid groups (broad SMARTS) is 1. The van der Waals surface area contributed by atoms with Crippen LogP contribution in [0.25, 0.3) is 11.1 Å². The molecule has 4 nitrogen and oxygen atoms in total. The highest BCUT2D eigenvalue weighted by Gasteiger charge is 2.40. The number of Topliss-reactive ketones (excluding diaryl/α,β-unsaturated/α-hetero) is 1. The summed E-state index contributed by atoms with van der Waals surface area (Å²) in [5.74, 6) is -1.29. The van der Waals surface area contributed by atoms with Gasteiger partial charge in [0.15, 0.2) is 0 Å². The lowest BCUT2D eigenvalue weighted by molar-refractivity contribution is -0.153. The molecule has 0 bridgehead atoms. The minimum atomic E-state index is -1.53. The molecule has 1 N–H and O–H groups in total. The highest BCUT2D eigenvalue weighted by atomic mass is 79.9. The van der Waals surface area contributed by atoms with Crippen LogP contribution in [0.1, 0.15) is 13.8 Å². The Balaban J connectivity index is 2.10. The molecule has 2 aromatic rings. The van der Waals surface area contributed by atoms with Gasteiger partial charge in [0, 0.05) is 5.02 Å². The van der Waals surface area contributed by atoms with Crippen LogP contribution in [-0.2, 0) is 9.59 Å². The summed E-state index contributed by atoms with van der Waals surface area (Å²) in [6.07, 6.45) is 0. The standard InChI is InChI=1S/C18H16BrClO4/c1-18(2,17(22)23)15(21)16(19)24-14-9-5-12(6-10-14)11-3-7-13(20)8-4-11/h3-10,16H,1-2H3,(H,22,23). The maximum Gasteiger partial charge on any atom is 0.316 e. The Bertz CT molecular complexity index is 739. The predicted octanol–water partition coefficient (Wildman–Crippen LogP) is 4.79. The number of carboxylic acids is 1. The van der Waals surface area contributed by atoms with E-state index in [9.17, 15) is 9.59 Å². The number of ketones is 1. The maximum absolute atomic E-state index is 12.2. The van der Waals surface area contributed by atoms with Gasteiger partial charge in [0.1, 0.15) is 11.2 Å². The molecule has 1 unspecified atom stereocenters. The molecular weight excluding hydrogens is 396 g/mol. The molecule has 0 spiro atoms. The minimum absolute atomic E-state index is 0.462. The third kappa shape index (κ3) is 4.16. The lowest BCUT2D eigenvalue weighted by Gasteiger charge is -2.21.